The number of aryl methyl sites for hydroxylation is 1. The molecule has 4 heterocycles. The van der Waals surface area contributed by atoms with E-state index in [1.807, 2.05) is 51.2 Å². The molecule has 1 aliphatic heterocycles. The van der Waals surface area contributed by atoms with Gasteiger partial charge in [-0.3, -0.25) is 9.69 Å². The molecule has 31 heavy (non-hydrogen) atoms. The first-order valence-corrected chi connectivity index (χ1v) is 10.8. The molecule has 0 amide bonds. The summed E-state index contributed by atoms with van der Waals surface area (Å²) >= 11 is 0. The molecule has 0 spiro atoms. The van der Waals surface area contributed by atoms with Gasteiger partial charge in [0, 0.05) is 44.6 Å². The van der Waals surface area contributed by atoms with Gasteiger partial charge in [0.05, 0.1) is 18.6 Å². The second-order valence-electron chi connectivity index (χ2n) is 8.23. The third kappa shape index (κ3) is 5.21. The Labute approximate surface area is 182 Å². The zero-order chi connectivity index (χ0) is 21.8. The van der Waals surface area contributed by atoms with Crippen molar-refractivity contribution in [2.75, 3.05) is 43.5 Å². The van der Waals surface area contributed by atoms with Crippen LogP contribution in [-0.2, 0) is 11.3 Å². The van der Waals surface area contributed by atoms with Gasteiger partial charge in [-0.1, -0.05) is 0 Å². The van der Waals surface area contributed by atoms with Crippen molar-refractivity contribution in [3.05, 3.63) is 52.6 Å². The monoisotopic (exact) mass is 422 g/mol. The highest BCUT2D eigenvalue weighted by atomic mass is 16.5. The van der Waals surface area contributed by atoms with Gasteiger partial charge >= 0.3 is 0 Å². The van der Waals surface area contributed by atoms with Gasteiger partial charge in [-0.25, -0.2) is 9.97 Å². The summed E-state index contributed by atoms with van der Waals surface area (Å²) in [5, 5.41) is 8.07. The van der Waals surface area contributed by atoms with E-state index in [1.54, 1.807) is 10.8 Å². The highest BCUT2D eigenvalue weighted by molar-refractivity contribution is 5.93. The molecule has 4 rings (SSSR count). The van der Waals surface area contributed by atoms with Gasteiger partial charge in [-0.05, 0) is 56.0 Å². The van der Waals surface area contributed by atoms with Crippen LogP contribution in [-0.4, -0.2) is 58.3 Å². The minimum Gasteiger partial charge on any atom is -0.379 e. The molecule has 0 saturated carbocycles. The molecular formula is C23H30N6O2. The topological polar surface area (TPSA) is 84.3 Å². The Morgan fingerprint density at radius 1 is 1.13 bits per heavy atom. The summed E-state index contributed by atoms with van der Waals surface area (Å²) in [7, 11) is 0. The fourth-order valence-corrected chi connectivity index (χ4v) is 3.73. The van der Waals surface area contributed by atoms with Crippen LogP contribution in [0.15, 0.2) is 41.5 Å². The lowest BCUT2D eigenvalue weighted by Gasteiger charge is -2.26. The molecule has 0 unspecified atom stereocenters. The molecule has 1 aliphatic rings. The molecule has 1 fully saturated rings. The summed E-state index contributed by atoms with van der Waals surface area (Å²) in [6, 6.07) is 7.94. The number of nitrogens with zero attached hydrogens (tertiary/aromatic N) is 4. The number of fused-ring (bicyclic) bond motifs is 1. The number of morpholine rings is 1. The number of rotatable bonds is 7. The molecule has 0 radical (unpaired) electrons. The van der Waals surface area contributed by atoms with E-state index < -0.39 is 0 Å². The van der Waals surface area contributed by atoms with E-state index in [0.717, 1.165) is 49.6 Å². The molecule has 0 aromatic carbocycles. The molecule has 0 atom stereocenters. The van der Waals surface area contributed by atoms with E-state index in [4.69, 9.17) is 9.72 Å². The SMILES string of the molecule is Cc1ccnc(Nc2cc3ccn(CCN4CCOCC4)c(=O)c3c(NC(C)C)n2)c1. The van der Waals surface area contributed by atoms with Gasteiger partial charge in [-0.2, -0.15) is 0 Å². The highest BCUT2D eigenvalue weighted by Crippen LogP contribution is 2.24. The largest absolute Gasteiger partial charge is 0.379 e. The second kappa shape index (κ2) is 9.45. The zero-order valence-corrected chi connectivity index (χ0v) is 18.4. The predicted molar refractivity (Wildman–Crippen MR) is 124 cm³/mol. The quantitative estimate of drug-likeness (QED) is 0.605. The van der Waals surface area contributed by atoms with Crippen LogP contribution in [0.3, 0.4) is 0 Å². The lowest BCUT2D eigenvalue weighted by atomic mass is 10.2. The lowest BCUT2D eigenvalue weighted by molar-refractivity contribution is 0.0363. The molecule has 3 aromatic heterocycles. The summed E-state index contributed by atoms with van der Waals surface area (Å²) < 4.78 is 7.19. The number of hydrogen-bond donors (Lipinski definition) is 2. The number of anilines is 3. The van der Waals surface area contributed by atoms with Crippen LogP contribution in [0, 0.1) is 6.92 Å². The van der Waals surface area contributed by atoms with Crippen LogP contribution in [0.1, 0.15) is 19.4 Å². The normalized spacial score (nSPS) is 14.8. The molecule has 3 aromatic rings. The number of ether oxygens (including phenoxy) is 1. The number of nitrogens with one attached hydrogen (secondary N) is 2. The summed E-state index contributed by atoms with van der Waals surface area (Å²) in [5.74, 6) is 1.97. The lowest BCUT2D eigenvalue weighted by Crippen LogP contribution is -2.39. The summed E-state index contributed by atoms with van der Waals surface area (Å²) in [6.07, 6.45) is 3.64. The summed E-state index contributed by atoms with van der Waals surface area (Å²) in [4.78, 5) is 24.7. The Balaban J connectivity index is 1.66. The van der Waals surface area contributed by atoms with Crippen molar-refractivity contribution in [2.24, 2.45) is 0 Å². The average molecular weight is 423 g/mol. The molecule has 1 saturated heterocycles. The van der Waals surface area contributed by atoms with Crippen LogP contribution in [0.5, 0.6) is 0 Å². The van der Waals surface area contributed by atoms with Gasteiger partial charge in [-0.15, -0.1) is 0 Å². The molecule has 0 aliphatic carbocycles. The van der Waals surface area contributed by atoms with Gasteiger partial charge in [0.2, 0.25) is 0 Å². The molecular weight excluding hydrogens is 392 g/mol. The minimum absolute atomic E-state index is 0.0263. The van der Waals surface area contributed by atoms with Crippen molar-refractivity contribution in [1.29, 1.82) is 0 Å². The van der Waals surface area contributed by atoms with Crippen molar-refractivity contribution in [2.45, 2.75) is 33.4 Å². The van der Waals surface area contributed by atoms with Crippen molar-refractivity contribution < 1.29 is 4.74 Å². The zero-order valence-electron chi connectivity index (χ0n) is 18.4. The molecule has 164 valence electrons. The Morgan fingerprint density at radius 3 is 2.68 bits per heavy atom. The van der Waals surface area contributed by atoms with E-state index >= 15 is 0 Å². The average Bonchev–Trinajstić information content (AvgIpc) is 2.73. The fraction of sp³-hybridized carbons (Fsp3) is 0.435. The molecule has 8 heteroatoms. The Hall–Kier alpha value is -2.97. The number of pyridine rings is 3. The molecule has 0 bridgehead atoms. The van der Waals surface area contributed by atoms with Gasteiger partial charge in [0.1, 0.15) is 17.5 Å². The van der Waals surface area contributed by atoms with Crippen LogP contribution < -0.4 is 16.2 Å². The third-order valence-corrected chi connectivity index (χ3v) is 5.32. The maximum absolute atomic E-state index is 13.3. The van der Waals surface area contributed by atoms with Crippen LogP contribution in [0.2, 0.25) is 0 Å². The smallest absolute Gasteiger partial charge is 0.262 e. The maximum atomic E-state index is 13.3. The first-order valence-electron chi connectivity index (χ1n) is 10.8. The minimum atomic E-state index is -0.0263. The summed E-state index contributed by atoms with van der Waals surface area (Å²) in [5.41, 5.74) is 1.09. The first kappa shape index (κ1) is 21.3. The van der Waals surface area contributed by atoms with Gasteiger partial charge < -0.3 is 19.9 Å². The second-order valence-corrected chi connectivity index (χ2v) is 8.23. The van der Waals surface area contributed by atoms with Crippen LogP contribution >= 0.6 is 0 Å². The van der Waals surface area contributed by atoms with Crippen LogP contribution in [0.25, 0.3) is 10.8 Å². The van der Waals surface area contributed by atoms with E-state index in [1.165, 1.54) is 0 Å². The van der Waals surface area contributed by atoms with Gasteiger partial charge in [0.15, 0.2) is 0 Å². The summed E-state index contributed by atoms with van der Waals surface area (Å²) in [6.45, 7) is 10.9. The molecule has 8 nitrogen and oxygen atoms in total. The van der Waals surface area contributed by atoms with Crippen molar-refractivity contribution >= 4 is 28.2 Å². The maximum Gasteiger partial charge on any atom is 0.262 e. The van der Waals surface area contributed by atoms with Crippen molar-refractivity contribution in [3.8, 4) is 0 Å². The van der Waals surface area contributed by atoms with Crippen LogP contribution in [0.4, 0.5) is 17.5 Å². The van der Waals surface area contributed by atoms with E-state index in [0.29, 0.717) is 23.6 Å². The first-order chi connectivity index (χ1) is 15.0. The fourth-order valence-electron chi connectivity index (χ4n) is 3.73. The Bertz CT molecular complexity index is 1100. The highest BCUT2D eigenvalue weighted by Gasteiger charge is 2.15. The van der Waals surface area contributed by atoms with Crippen molar-refractivity contribution in [1.82, 2.24) is 19.4 Å². The van der Waals surface area contributed by atoms with E-state index in [-0.39, 0.29) is 11.6 Å². The van der Waals surface area contributed by atoms with Crippen molar-refractivity contribution in [3.63, 3.8) is 0 Å². The predicted octanol–water partition coefficient (Wildman–Crippen LogP) is 3.00. The number of aromatic nitrogens is 3. The Kier molecular flexibility index (Phi) is 6.48. The van der Waals surface area contributed by atoms with Gasteiger partial charge in [0.25, 0.3) is 5.56 Å². The van der Waals surface area contributed by atoms with E-state index in [9.17, 15) is 4.79 Å². The number of hydrogen-bond acceptors (Lipinski definition) is 7. The standard InChI is InChI=1S/C23H30N6O2/c1-16(2)25-22-21-18(15-20(27-22)26-19-14-17(3)4-6-24-19)5-7-29(23(21)30)9-8-28-10-12-31-13-11-28/h4-7,14-16H,8-13H2,1-3H3,(H2,24,25,26,27). The third-order valence-electron chi connectivity index (χ3n) is 5.32. The molecule has 2 N–H and O–H groups in total. The van der Waals surface area contributed by atoms with E-state index in [2.05, 4.69) is 20.5 Å². The Morgan fingerprint density at radius 2 is 1.94 bits per heavy atom.